The second-order valence-corrected chi connectivity index (χ2v) is 8.03. The average Bonchev–Trinajstić information content (AvgIpc) is 3.25. The zero-order chi connectivity index (χ0) is 22.9. The molecule has 0 bridgehead atoms. The quantitative estimate of drug-likeness (QED) is 0.418. The summed E-state index contributed by atoms with van der Waals surface area (Å²) < 4.78 is 19.2. The van der Waals surface area contributed by atoms with Gasteiger partial charge in [-0.05, 0) is 36.2 Å². The first-order valence-electron chi connectivity index (χ1n) is 10.8. The summed E-state index contributed by atoms with van der Waals surface area (Å²) in [5, 5.41) is 10.3. The van der Waals surface area contributed by atoms with Gasteiger partial charge in [0.1, 0.15) is 22.7 Å². The van der Waals surface area contributed by atoms with E-state index in [2.05, 4.69) is 0 Å². The molecule has 0 fully saturated rings. The van der Waals surface area contributed by atoms with Crippen LogP contribution in [0.5, 0.6) is 5.75 Å². The lowest BCUT2D eigenvalue weighted by Gasteiger charge is -2.24. The minimum Gasteiger partial charge on any atom is -0.493 e. The molecule has 2 aromatic carbocycles. The van der Waals surface area contributed by atoms with Crippen molar-refractivity contribution in [2.75, 3.05) is 20.3 Å². The molecule has 0 unspecified atom stereocenters. The fourth-order valence-corrected chi connectivity index (χ4v) is 4.27. The van der Waals surface area contributed by atoms with Gasteiger partial charge >= 0.3 is 5.97 Å². The van der Waals surface area contributed by atoms with Crippen LogP contribution >= 0.6 is 0 Å². The highest BCUT2D eigenvalue weighted by atomic mass is 16.5. The summed E-state index contributed by atoms with van der Waals surface area (Å²) in [5.74, 6) is 0.160. The van der Waals surface area contributed by atoms with Crippen molar-refractivity contribution in [2.45, 2.75) is 19.4 Å². The number of aryl methyl sites for hydroxylation is 2. The van der Waals surface area contributed by atoms with E-state index in [9.17, 15) is 14.7 Å². The molecule has 5 rings (SSSR count). The third-order valence-corrected chi connectivity index (χ3v) is 5.90. The van der Waals surface area contributed by atoms with Crippen LogP contribution in [0.3, 0.4) is 0 Å². The molecule has 0 saturated heterocycles. The van der Waals surface area contributed by atoms with Gasteiger partial charge in [-0.1, -0.05) is 18.2 Å². The van der Waals surface area contributed by atoms with E-state index >= 15 is 0 Å². The summed E-state index contributed by atoms with van der Waals surface area (Å²) in [4.78, 5) is 23.9. The number of aromatic carboxylic acids is 1. The Morgan fingerprint density at radius 1 is 1.12 bits per heavy atom. The number of aromatic nitrogens is 1. The number of benzene rings is 2. The predicted octanol–water partition coefficient (Wildman–Crippen LogP) is 4.60. The summed E-state index contributed by atoms with van der Waals surface area (Å²) in [5.41, 5.74) is 3.43. The Kier molecular flexibility index (Phi) is 5.48. The van der Waals surface area contributed by atoms with Gasteiger partial charge in [-0.2, -0.15) is 0 Å². The topological polar surface area (TPSA) is 90.9 Å². The Morgan fingerprint density at radius 3 is 2.76 bits per heavy atom. The van der Waals surface area contributed by atoms with Crippen LogP contribution in [-0.4, -0.2) is 36.0 Å². The van der Waals surface area contributed by atoms with Gasteiger partial charge in [-0.25, -0.2) is 4.79 Å². The summed E-state index contributed by atoms with van der Waals surface area (Å²) in [7, 11) is 1.66. The van der Waals surface area contributed by atoms with Gasteiger partial charge in [0.25, 0.3) is 0 Å². The molecule has 7 nitrogen and oxygen atoms in total. The first kappa shape index (κ1) is 21.0. The van der Waals surface area contributed by atoms with Crippen molar-refractivity contribution < 1.29 is 23.8 Å². The van der Waals surface area contributed by atoms with Gasteiger partial charge in [0.15, 0.2) is 5.43 Å². The van der Waals surface area contributed by atoms with Gasteiger partial charge in [-0.3, -0.25) is 4.79 Å². The van der Waals surface area contributed by atoms with E-state index in [1.54, 1.807) is 7.11 Å². The Balaban J connectivity index is 1.65. The van der Waals surface area contributed by atoms with E-state index in [0.29, 0.717) is 43.4 Å². The third kappa shape index (κ3) is 3.91. The fourth-order valence-electron chi connectivity index (χ4n) is 4.27. The number of ether oxygens (including phenoxy) is 2. The van der Waals surface area contributed by atoms with E-state index in [0.717, 1.165) is 34.1 Å². The van der Waals surface area contributed by atoms with Gasteiger partial charge in [0.2, 0.25) is 0 Å². The van der Waals surface area contributed by atoms with Crippen LogP contribution in [-0.2, 0) is 17.7 Å². The van der Waals surface area contributed by atoms with E-state index < -0.39 is 11.4 Å². The van der Waals surface area contributed by atoms with Gasteiger partial charge < -0.3 is 23.6 Å². The molecule has 0 saturated carbocycles. The van der Waals surface area contributed by atoms with Crippen LogP contribution in [0.4, 0.5) is 0 Å². The largest absolute Gasteiger partial charge is 0.493 e. The lowest BCUT2D eigenvalue weighted by Crippen LogP contribution is -2.22. The first-order chi connectivity index (χ1) is 16.0. The number of hydrogen-bond acceptors (Lipinski definition) is 5. The van der Waals surface area contributed by atoms with Crippen LogP contribution < -0.4 is 10.2 Å². The molecule has 0 aliphatic carbocycles. The minimum atomic E-state index is -1.22. The van der Waals surface area contributed by atoms with Crippen LogP contribution in [0.15, 0.2) is 63.9 Å². The number of pyridine rings is 1. The maximum absolute atomic E-state index is 12.4. The van der Waals surface area contributed by atoms with E-state index in [1.807, 2.05) is 47.0 Å². The predicted molar refractivity (Wildman–Crippen MR) is 124 cm³/mol. The van der Waals surface area contributed by atoms with Crippen molar-refractivity contribution in [1.82, 2.24) is 4.57 Å². The van der Waals surface area contributed by atoms with Crippen LogP contribution in [0.25, 0.3) is 33.6 Å². The number of para-hydroxylation sites is 1. The lowest BCUT2D eigenvalue weighted by molar-refractivity contribution is 0.0694. The molecule has 33 heavy (non-hydrogen) atoms. The van der Waals surface area contributed by atoms with Crippen molar-refractivity contribution in [3.05, 3.63) is 76.1 Å². The maximum atomic E-state index is 12.4. The molecule has 3 heterocycles. The van der Waals surface area contributed by atoms with Gasteiger partial charge in [0.05, 0.1) is 17.9 Å². The number of hydrogen-bond donors (Lipinski definition) is 1. The molecule has 1 N–H and O–H groups in total. The Morgan fingerprint density at radius 2 is 1.97 bits per heavy atom. The molecular formula is C26H23NO6. The average molecular weight is 445 g/mol. The fraction of sp³-hybridized carbons (Fsp3) is 0.231. The maximum Gasteiger partial charge on any atom is 0.341 e. The molecule has 0 amide bonds. The Hall–Kier alpha value is -3.84. The van der Waals surface area contributed by atoms with Crippen molar-refractivity contribution in [3.63, 3.8) is 0 Å². The highest BCUT2D eigenvalue weighted by Gasteiger charge is 2.23. The number of furan rings is 1. The van der Waals surface area contributed by atoms with Crippen molar-refractivity contribution in [1.29, 1.82) is 0 Å². The summed E-state index contributed by atoms with van der Waals surface area (Å²) in [6.07, 6.45) is 2.88. The molecule has 0 atom stereocenters. The molecule has 1 aliphatic rings. The lowest BCUT2D eigenvalue weighted by atomic mass is 9.93. The van der Waals surface area contributed by atoms with Gasteiger partial charge in [0, 0.05) is 49.9 Å². The molecule has 7 heteroatoms. The number of carboxylic acids is 1. The highest BCUT2D eigenvalue weighted by molar-refractivity contribution is 5.89. The summed E-state index contributed by atoms with van der Waals surface area (Å²) in [6, 6.07) is 15.1. The third-order valence-electron chi connectivity index (χ3n) is 5.90. The van der Waals surface area contributed by atoms with Crippen LogP contribution in [0.2, 0.25) is 0 Å². The number of carboxylic acid groups (broad SMARTS) is 1. The first-order valence-corrected chi connectivity index (χ1v) is 10.8. The van der Waals surface area contributed by atoms with E-state index in [1.165, 1.54) is 12.3 Å². The molecule has 0 spiro atoms. The monoisotopic (exact) mass is 445 g/mol. The number of carbonyl (C=O) groups is 1. The van der Waals surface area contributed by atoms with Gasteiger partial charge in [-0.15, -0.1) is 0 Å². The molecule has 4 aromatic rings. The van der Waals surface area contributed by atoms with Crippen molar-refractivity contribution in [3.8, 4) is 28.3 Å². The second kappa shape index (κ2) is 8.60. The van der Waals surface area contributed by atoms with Crippen LogP contribution in [0.1, 0.15) is 22.3 Å². The van der Waals surface area contributed by atoms with Crippen LogP contribution in [0, 0.1) is 0 Å². The SMILES string of the molecule is COCCCOc1cc2c(cc1-c1cc3ccccc3o1)-c1cc(=O)c(C(=O)O)cn1CC2. The Labute approximate surface area is 189 Å². The minimum absolute atomic E-state index is 0.224. The molecule has 1 aliphatic heterocycles. The summed E-state index contributed by atoms with van der Waals surface area (Å²) >= 11 is 0. The van der Waals surface area contributed by atoms with Crippen molar-refractivity contribution >= 4 is 16.9 Å². The smallest absolute Gasteiger partial charge is 0.341 e. The second-order valence-electron chi connectivity index (χ2n) is 8.03. The molecule has 2 aromatic heterocycles. The van der Waals surface area contributed by atoms with E-state index in [4.69, 9.17) is 13.9 Å². The normalized spacial score (nSPS) is 12.4. The number of rotatable bonds is 7. The number of methoxy groups -OCH3 is 1. The summed E-state index contributed by atoms with van der Waals surface area (Å²) in [6.45, 7) is 1.68. The zero-order valence-electron chi connectivity index (χ0n) is 18.2. The number of fused-ring (bicyclic) bond motifs is 4. The Bertz CT molecular complexity index is 1380. The molecule has 168 valence electrons. The van der Waals surface area contributed by atoms with E-state index in [-0.39, 0.29) is 5.56 Å². The molecule has 0 radical (unpaired) electrons. The highest BCUT2D eigenvalue weighted by Crippen LogP contribution is 2.41. The standard InChI is InChI=1S/C26H23NO6/c1-31-9-4-10-32-24-11-16-7-8-27-15-20(26(29)30)22(28)14-21(27)18(16)13-19(24)25-12-17-5-2-3-6-23(17)33-25/h2-3,5-6,11-15H,4,7-10H2,1H3,(H,29,30). The molecular weight excluding hydrogens is 422 g/mol. The van der Waals surface area contributed by atoms with Crippen molar-refractivity contribution in [2.24, 2.45) is 0 Å². The number of nitrogens with zero attached hydrogens (tertiary/aromatic N) is 1. The zero-order valence-corrected chi connectivity index (χ0v) is 18.2.